The highest BCUT2D eigenvalue weighted by Gasteiger charge is 2.59. The molecule has 0 spiro atoms. The molecule has 1 fully saturated rings. The number of fused-ring (bicyclic) bond motifs is 4. The predicted octanol–water partition coefficient (Wildman–Crippen LogP) is 2.80. The number of aliphatic hydroxyl groups is 5. The molecule has 4 aliphatic carbocycles. The Morgan fingerprint density at radius 1 is 1.12 bits per heavy atom. The van der Waals surface area contributed by atoms with Gasteiger partial charge in [-0.25, -0.2) is 0 Å². The third-order valence-corrected chi connectivity index (χ3v) is 9.69. The molecule has 6 nitrogen and oxygen atoms in total. The Labute approximate surface area is 197 Å². The van der Waals surface area contributed by atoms with Crippen molar-refractivity contribution < 1.29 is 30.3 Å². The van der Waals surface area contributed by atoms with E-state index in [4.69, 9.17) is 0 Å². The molecule has 8 unspecified atom stereocenters. The van der Waals surface area contributed by atoms with E-state index >= 15 is 0 Å². The highest BCUT2D eigenvalue weighted by Crippen LogP contribution is 2.64. The van der Waals surface area contributed by atoms with Crippen LogP contribution in [0.25, 0.3) is 0 Å². The fourth-order valence-electron chi connectivity index (χ4n) is 7.61. The average molecular weight is 463 g/mol. The summed E-state index contributed by atoms with van der Waals surface area (Å²) in [4.78, 5) is 13.2. The Balaban J connectivity index is 1.64. The zero-order valence-electron chi connectivity index (χ0n) is 20.8. The van der Waals surface area contributed by atoms with Crippen LogP contribution >= 0.6 is 0 Å². The summed E-state index contributed by atoms with van der Waals surface area (Å²) in [7, 11) is 0. The first kappa shape index (κ1) is 25.1. The molecule has 0 radical (unpaired) electrons. The minimum Gasteiger partial charge on any atom is -0.390 e. The van der Waals surface area contributed by atoms with Gasteiger partial charge in [0.25, 0.3) is 0 Å². The summed E-state index contributed by atoms with van der Waals surface area (Å²) < 4.78 is 0. The first-order chi connectivity index (χ1) is 15.1. The number of hydrogen-bond acceptors (Lipinski definition) is 6. The summed E-state index contributed by atoms with van der Waals surface area (Å²) in [6.45, 7) is 9.34. The van der Waals surface area contributed by atoms with E-state index in [2.05, 4.69) is 19.9 Å². The molecule has 0 saturated heterocycles. The molecule has 0 aromatic heterocycles. The molecule has 6 heteroatoms. The topological polar surface area (TPSA) is 118 Å². The largest absolute Gasteiger partial charge is 0.390 e. The Morgan fingerprint density at radius 2 is 1.79 bits per heavy atom. The normalized spacial score (nSPS) is 41.6. The lowest BCUT2D eigenvalue weighted by Crippen LogP contribution is -2.54. The molecular formula is C27H42O6. The molecule has 0 heterocycles. The van der Waals surface area contributed by atoms with Gasteiger partial charge in [-0.15, -0.1) is 0 Å². The van der Waals surface area contributed by atoms with E-state index in [-0.39, 0.29) is 23.0 Å². The highest BCUT2D eigenvalue weighted by molar-refractivity contribution is 5.88. The van der Waals surface area contributed by atoms with Crippen molar-refractivity contribution in [1.29, 1.82) is 0 Å². The van der Waals surface area contributed by atoms with Crippen LogP contribution in [-0.2, 0) is 4.79 Å². The van der Waals surface area contributed by atoms with Gasteiger partial charge >= 0.3 is 0 Å². The predicted molar refractivity (Wildman–Crippen MR) is 125 cm³/mol. The Bertz CT molecular complexity index is 880. The quantitative estimate of drug-likeness (QED) is 0.429. The Hall–Kier alpha value is -1.05. The summed E-state index contributed by atoms with van der Waals surface area (Å²) in [6.07, 6.45) is 3.51. The van der Waals surface area contributed by atoms with Gasteiger partial charge in [0.15, 0.2) is 0 Å². The van der Waals surface area contributed by atoms with Crippen molar-refractivity contribution in [1.82, 2.24) is 0 Å². The van der Waals surface area contributed by atoms with Gasteiger partial charge in [0, 0.05) is 23.7 Å². The van der Waals surface area contributed by atoms with E-state index in [1.807, 2.05) is 0 Å². The minimum atomic E-state index is -1.33. The SMILES string of the molecule is CC(C)(O)CCC(O)C(C)(O)C1CC=C2C3=C(CCC21C)C1(C)CC(O)C(O)CC1C(=O)C3. The van der Waals surface area contributed by atoms with Gasteiger partial charge in [-0.3, -0.25) is 4.79 Å². The van der Waals surface area contributed by atoms with Crippen LogP contribution in [0.15, 0.2) is 22.8 Å². The fourth-order valence-corrected chi connectivity index (χ4v) is 7.61. The second-order valence-electron chi connectivity index (χ2n) is 12.6. The van der Waals surface area contributed by atoms with Gasteiger partial charge in [0.05, 0.1) is 29.5 Å². The maximum Gasteiger partial charge on any atom is 0.141 e. The number of allylic oxidation sites excluding steroid dienone is 4. The summed E-state index contributed by atoms with van der Waals surface area (Å²) in [5.74, 6) is -0.318. The van der Waals surface area contributed by atoms with Crippen molar-refractivity contribution >= 4 is 5.78 Å². The first-order valence-electron chi connectivity index (χ1n) is 12.6. The summed E-state index contributed by atoms with van der Waals surface area (Å²) in [5.41, 5.74) is 0.401. The molecule has 4 rings (SSSR count). The number of rotatable bonds is 5. The highest BCUT2D eigenvalue weighted by atomic mass is 16.3. The van der Waals surface area contributed by atoms with Crippen LogP contribution in [0.3, 0.4) is 0 Å². The van der Waals surface area contributed by atoms with Crippen LogP contribution in [0.2, 0.25) is 0 Å². The third-order valence-electron chi connectivity index (χ3n) is 9.69. The molecule has 4 aliphatic rings. The number of carbonyl (C=O) groups is 1. The van der Waals surface area contributed by atoms with Crippen molar-refractivity contribution in [3.63, 3.8) is 0 Å². The third kappa shape index (κ3) is 3.96. The molecule has 5 N–H and O–H groups in total. The number of Topliss-reactive ketones (excluding diaryl/α,β-unsaturated/α-hetero) is 1. The molecule has 0 amide bonds. The van der Waals surface area contributed by atoms with E-state index in [0.717, 1.165) is 24.0 Å². The van der Waals surface area contributed by atoms with E-state index < -0.39 is 34.9 Å². The van der Waals surface area contributed by atoms with Crippen LogP contribution in [0.1, 0.15) is 86.0 Å². The Morgan fingerprint density at radius 3 is 2.42 bits per heavy atom. The maximum atomic E-state index is 13.2. The fraction of sp³-hybridized carbons (Fsp3) is 0.815. The lowest BCUT2D eigenvalue weighted by Gasteiger charge is -2.54. The van der Waals surface area contributed by atoms with E-state index in [0.29, 0.717) is 38.5 Å². The van der Waals surface area contributed by atoms with Crippen molar-refractivity contribution in [2.24, 2.45) is 22.7 Å². The van der Waals surface area contributed by atoms with Gasteiger partial charge in [-0.2, -0.15) is 0 Å². The summed E-state index contributed by atoms with van der Waals surface area (Å²) in [5, 5.41) is 53.2. The van der Waals surface area contributed by atoms with Gasteiger partial charge in [0.1, 0.15) is 5.78 Å². The van der Waals surface area contributed by atoms with Crippen molar-refractivity contribution in [2.45, 2.75) is 115 Å². The van der Waals surface area contributed by atoms with Gasteiger partial charge in [-0.05, 0) is 82.3 Å². The second-order valence-corrected chi connectivity index (χ2v) is 12.6. The number of carbonyl (C=O) groups excluding carboxylic acids is 1. The molecule has 186 valence electrons. The maximum absolute atomic E-state index is 13.2. The van der Waals surface area contributed by atoms with E-state index in [1.165, 1.54) is 5.57 Å². The minimum absolute atomic E-state index is 0.132. The molecule has 33 heavy (non-hydrogen) atoms. The molecule has 0 aliphatic heterocycles. The molecule has 0 aromatic carbocycles. The van der Waals surface area contributed by atoms with Gasteiger partial charge in [0.2, 0.25) is 0 Å². The van der Waals surface area contributed by atoms with Crippen molar-refractivity contribution in [3.05, 3.63) is 22.8 Å². The van der Waals surface area contributed by atoms with Crippen LogP contribution in [0, 0.1) is 22.7 Å². The monoisotopic (exact) mass is 462 g/mol. The smallest absolute Gasteiger partial charge is 0.141 e. The molecular weight excluding hydrogens is 420 g/mol. The summed E-state index contributed by atoms with van der Waals surface area (Å²) >= 11 is 0. The molecule has 1 saturated carbocycles. The second kappa shape index (κ2) is 7.99. The average Bonchev–Trinajstić information content (AvgIpc) is 3.06. The first-order valence-corrected chi connectivity index (χ1v) is 12.6. The van der Waals surface area contributed by atoms with Crippen LogP contribution < -0.4 is 0 Å². The van der Waals surface area contributed by atoms with E-state index in [9.17, 15) is 30.3 Å². The zero-order valence-corrected chi connectivity index (χ0v) is 20.8. The zero-order chi connectivity index (χ0) is 24.6. The Kier molecular flexibility index (Phi) is 6.07. The standard InChI is InChI=1S/C27H42O6/c1-24(2,32)10-9-23(31)27(5,33)22-7-6-16-15-12-19(28)18-13-20(29)21(30)14-26(18,4)17(15)8-11-25(16,22)3/h6,18,20-23,29-33H,7-14H2,1-5H3. The number of ketones is 1. The molecule has 0 bridgehead atoms. The lowest BCUT2D eigenvalue weighted by atomic mass is 9.50. The van der Waals surface area contributed by atoms with E-state index in [1.54, 1.807) is 20.8 Å². The number of hydrogen-bond donors (Lipinski definition) is 5. The summed E-state index contributed by atoms with van der Waals surface area (Å²) in [6, 6.07) is 0. The van der Waals surface area contributed by atoms with Crippen molar-refractivity contribution in [2.75, 3.05) is 0 Å². The van der Waals surface area contributed by atoms with Gasteiger partial charge in [-0.1, -0.05) is 25.5 Å². The van der Waals surface area contributed by atoms with Gasteiger partial charge < -0.3 is 25.5 Å². The molecule has 8 atom stereocenters. The number of aliphatic hydroxyl groups excluding tert-OH is 3. The molecule has 0 aromatic rings. The van der Waals surface area contributed by atoms with Crippen LogP contribution in [-0.4, -0.2) is 60.8 Å². The van der Waals surface area contributed by atoms with Crippen molar-refractivity contribution in [3.8, 4) is 0 Å². The van der Waals surface area contributed by atoms with Crippen LogP contribution in [0.4, 0.5) is 0 Å². The van der Waals surface area contributed by atoms with Crippen LogP contribution in [0.5, 0.6) is 0 Å². The lowest BCUT2D eigenvalue weighted by molar-refractivity contribution is -0.138.